The lowest BCUT2D eigenvalue weighted by atomic mass is 9.88. The van der Waals surface area contributed by atoms with Gasteiger partial charge in [-0.2, -0.15) is 0 Å². The minimum absolute atomic E-state index is 0.0428. The van der Waals surface area contributed by atoms with Crippen molar-refractivity contribution in [1.82, 2.24) is 9.80 Å². The Hall–Kier alpha value is -3.11. The molecule has 0 radical (unpaired) electrons. The van der Waals surface area contributed by atoms with Crippen molar-refractivity contribution in [2.75, 3.05) is 26.2 Å². The van der Waals surface area contributed by atoms with Gasteiger partial charge in [0.25, 0.3) is 0 Å². The van der Waals surface area contributed by atoms with E-state index in [-0.39, 0.29) is 17.9 Å². The molecule has 0 bridgehead atoms. The SMILES string of the molecule is O=C(CC(c1ccccc1)c1ccccc1)N1CCN(C(c2ccccc2)c2ccc(Cl)c(Cl)c2)CC1. The molecule has 0 N–H and O–H groups in total. The van der Waals surface area contributed by atoms with Crippen LogP contribution in [0.5, 0.6) is 0 Å². The summed E-state index contributed by atoms with van der Waals surface area (Å²) in [6, 6.07) is 37.0. The molecule has 37 heavy (non-hydrogen) atoms. The van der Waals surface area contributed by atoms with Gasteiger partial charge in [-0.15, -0.1) is 0 Å². The van der Waals surface area contributed by atoms with Crippen LogP contribution in [0.1, 0.15) is 40.6 Å². The summed E-state index contributed by atoms with van der Waals surface area (Å²) in [5, 5.41) is 1.11. The van der Waals surface area contributed by atoms with Crippen LogP contribution in [0.15, 0.2) is 109 Å². The summed E-state index contributed by atoms with van der Waals surface area (Å²) in [6.45, 7) is 2.96. The third kappa shape index (κ3) is 6.07. The minimum Gasteiger partial charge on any atom is -0.340 e. The van der Waals surface area contributed by atoms with E-state index in [0.29, 0.717) is 29.6 Å². The molecule has 0 saturated carbocycles. The van der Waals surface area contributed by atoms with Gasteiger partial charge in [0.15, 0.2) is 0 Å². The van der Waals surface area contributed by atoms with Crippen LogP contribution in [-0.2, 0) is 4.79 Å². The van der Waals surface area contributed by atoms with Crippen molar-refractivity contribution in [3.05, 3.63) is 141 Å². The third-order valence-electron chi connectivity index (χ3n) is 7.19. The predicted octanol–water partition coefficient (Wildman–Crippen LogP) is 7.45. The normalized spacial score (nSPS) is 15.1. The van der Waals surface area contributed by atoms with Gasteiger partial charge in [0.2, 0.25) is 5.91 Å². The number of piperazine rings is 1. The summed E-state index contributed by atoms with van der Waals surface area (Å²) in [7, 11) is 0. The minimum atomic E-state index is 0.0428. The molecular formula is C32H30Cl2N2O. The Balaban J connectivity index is 1.32. The van der Waals surface area contributed by atoms with Gasteiger partial charge in [-0.3, -0.25) is 9.69 Å². The van der Waals surface area contributed by atoms with Gasteiger partial charge in [0.05, 0.1) is 16.1 Å². The Morgan fingerprint density at radius 1 is 0.622 bits per heavy atom. The van der Waals surface area contributed by atoms with Crippen LogP contribution in [0.2, 0.25) is 10.0 Å². The van der Waals surface area contributed by atoms with Crippen LogP contribution < -0.4 is 0 Å². The van der Waals surface area contributed by atoms with E-state index in [9.17, 15) is 4.79 Å². The molecule has 1 unspecified atom stereocenters. The Morgan fingerprint density at radius 2 is 1.14 bits per heavy atom. The first-order valence-electron chi connectivity index (χ1n) is 12.7. The molecule has 0 aliphatic carbocycles. The van der Waals surface area contributed by atoms with E-state index in [4.69, 9.17) is 23.2 Å². The largest absolute Gasteiger partial charge is 0.340 e. The second-order valence-corrected chi connectivity index (χ2v) is 10.3. The molecule has 1 atom stereocenters. The monoisotopic (exact) mass is 528 g/mol. The van der Waals surface area contributed by atoms with Crippen molar-refractivity contribution in [1.29, 1.82) is 0 Å². The Morgan fingerprint density at radius 3 is 1.65 bits per heavy atom. The van der Waals surface area contributed by atoms with Gasteiger partial charge < -0.3 is 4.90 Å². The number of hydrogen-bond donors (Lipinski definition) is 0. The first kappa shape index (κ1) is 25.5. The fourth-order valence-electron chi connectivity index (χ4n) is 5.26. The molecule has 1 saturated heterocycles. The van der Waals surface area contributed by atoms with Crippen molar-refractivity contribution in [2.45, 2.75) is 18.4 Å². The first-order chi connectivity index (χ1) is 18.1. The maximum Gasteiger partial charge on any atom is 0.223 e. The van der Waals surface area contributed by atoms with Crippen LogP contribution in [0.3, 0.4) is 0 Å². The summed E-state index contributed by atoms with van der Waals surface area (Å²) in [6.07, 6.45) is 0.461. The maximum absolute atomic E-state index is 13.5. The standard InChI is InChI=1S/C32H30Cl2N2O/c33-29-17-16-27(22-30(29)34)32(26-14-8-3-9-15-26)36-20-18-35(19-21-36)31(37)23-28(24-10-4-1-5-11-24)25-12-6-2-7-13-25/h1-17,22,28,32H,18-21,23H2. The Kier molecular flexibility index (Phi) is 8.25. The molecule has 1 amide bonds. The Bertz CT molecular complexity index is 1270. The lowest BCUT2D eigenvalue weighted by Crippen LogP contribution is -2.50. The predicted molar refractivity (Wildman–Crippen MR) is 152 cm³/mol. The zero-order chi connectivity index (χ0) is 25.6. The summed E-state index contributed by atoms with van der Waals surface area (Å²) in [4.78, 5) is 18.0. The fraction of sp³-hybridized carbons (Fsp3) is 0.219. The molecule has 4 aromatic carbocycles. The molecule has 4 aromatic rings. The summed E-state index contributed by atoms with van der Waals surface area (Å²) >= 11 is 12.6. The number of benzene rings is 4. The third-order valence-corrected chi connectivity index (χ3v) is 7.93. The molecule has 3 nitrogen and oxygen atoms in total. The van der Waals surface area contributed by atoms with Gasteiger partial charge in [-0.05, 0) is 34.4 Å². The van der Waals surface area contributed by atoms with Crippen LogP contribution in [-0.4, -0.2) is 41.9 Å². The highest BCUT2D eigenvalue weighted by Crippen LogP contribution is 2.34. The second kappa shape index (κ2) is 12.0. The smallest absolute Gasteiger partial charge is 0.223 e. The van der Waals surface area contributed by atoms with Crippen molar-refractivity contribution in [3.63, 3.8) is 0 Å². The zero-order valence-corrected chi connectivity index (χ0v) is 22.2. The lowest BCUT2D eigenvalue weighted by Gasteiger charge is -2.40. The second-order valence-electron chi connectivity index (χ2n) is 9.48. The molecule has 5 heteroatoms. The van der Waals surface area contributed by atoms with Crippen LogP contribution in [0.4, 0.5) is 0 Å². The van der Waals surface area contributed by atoms with Gasteiger partial charge >= 0.3 is 0 Å². The van der Waals surface area contributed by atoms with Crippen molar-refractivity contribution in [3.8, 4) is 0 Å². The highest BCUT2D eigenvalue weighted by Gasteiger charge is 2.30. The van der Waals surface area contributed by atoms with Gasteiger partial charge in [-0.1, -0.05) is 120 Å². The highest BCUT2D eigenvalue weighted by molar-refractivity contribution is 6.42. The number of nitrogens with zero attached hydrogens (tertiary/aromatic N) is 2. The number of carbonyl (C=O) groups excluding carboxylic acids is 1. The van der Waals surface area contributed by atoms with Gasteiger partial charge in [0.1, 0.15) is 0 Å². The molecule has 188 valence electrons. The summed E-state index contributed by atoms with van der Waals surface area (Å²) < 4.78 is 0. The zero-order valence-electron chi connectivity index (χ0n) is 20.6. The van der Waals surface area contributed by atoms with Gasteiger partial charge in [0, 0.05) is 38.5 Å². The average Bonchev–Trinajstić information content (AvgIpc) is 2.95. The van der Waals surface area contributed by atoms with Gasteiger partial charge in [-0.25, -0.2) is 0 Å². The van der Waals surface area contributed by atoms with E-state index < -0.39 is 0 Å². The molecule has 1 aliphatic heterocycles. The van der Waals surface area contributed by atoms with E-state index >= 15 is 0 Å². The number of halogens is 2. The molecule has 0 spiro atoms. The summed E-state index contributed by atoms with van der Waals surface area (Å²) in [5.41, 5.74) is 4.65. The molecule has 1 aliphatic rings. The maximum atomic E-state index is 13.5. The number of carbonyl (C=O) groups is 1. The van der Waals surface area contributed by atoms with E-state index in [2.05, 4.69) is 53.4 Å². The summed E-state index contributed by atoms with van der Waals surface area (Å²) in [5.74, 6) is 0.240. The first-order valence-corrected chi connectivity index (χ1v) is 13.5. The molecule has 1 heterocycles. The van der Waals surface area contributed by atoms with Crippen molar-refractivity contribution in [2.24, 2.45) is 0 Å². The Labute approximate surface area is 229 Å². The van der Waals surface area contributed by atoms with E-state index in [1.54, 1.807) is 0 Å². The quantitative estimate of drug-likeness (QED) is 0.248. The molecule has 0 aromatic heterocycles. The van der Waals surface area contributed by atoms with E-state index in [1.807, 2.05) is 65.6 Å². The fourth-order valence-corrected chi connectivity index (χ4v) is 5.57. The topological polar surface area (TPSA) is 23.6 Å². The number of amides is 1. The van der Waals surface area contributed by atoms with E-state index in [0.717, 1.165) is 18.7 Å². The lowest BCUT2D eigenvalue weighted by molar-refractivity contribution is -0.133. The van der Waals surface area contributed by atoms with Crippen molar-refractivity contribution < 1.29 is 4.79 Å². The van der Waals surface area contributed by atoms with E-state index in [1.165, 1.54) is 16.7 Å². The number of rotatable bonds is 7. The average molecular weight is 530 g/mol. The van der Waals surface area contributed by atoms with Crippen LogP contribution >= 0.6 is 23.2 Å². The van der Waals surface area contributed by atoms with Crippen molar-refractivity contribution >= 4 is 29.1 Å². The highest BCUT2D eigenvalue weighted by atomic mass is 35.5. The molecular weight excluding hydrogens is 499 g/mol. The molecule has 1 fully saturated rings. The number of hydrogen-bond acceptors (Lipinski definition) is 2. The van der Waals surface area contributed by atoms with Crippen LogP contribution in [0.25, 0.3) is 0 Å². The van der Waals surface area contributed by atoms with Crippen LogP contribution in [0, 0.1) is 0 Å². The molecule has 5 rings (SSSR count).